The van der Waals surface area contributed by atoms with Crippen LogP contribution in [-0.4, -0.2) is 24.0 Å². The van der Waals surface area contributed by atoms with Gasteiger partial charge >= 0.3 is 5.97 Å². The standard InChI is InChI=1S/C9H14N2O2/c1-9(2,3)13-8(12)7-10-5-4-6-11-7/h4-7,10H,1-3H3. The predicted octanol–water partition coefficient (Wildman–Crippen LogP) is 0.842. The maximum atomic E-state index is 11.4. The fraction of sp³-hybridized carbons (Fsp3) is 0.556. The van der Waals surface area contributed by atoms with Crippen molar-refractivity contribution in [3.63, 3.8) is 0 Å². The molecule has 13 heavy (non-hydrogen) atoms. The molecule has 0 radical (unpaired) electrons. The molecule has 1 aliphatic heterocycles. The number of aliphatic imine (C=N–C) groups is 1. The molecule has 0 aromatic rings. The van der Waals surface area contributed by atoms with Crippen LogP contribution in [0.2, 0.25) is 0 Å². The summed E-state index contributed by atoms with van der Waals surface area (Å²) in [6.07, 6.45) is 4.37. The average molecular weight is 182 g/mol. The molecule has 1 rings (SSSR count). The molecular weight excluding hydrogens is 168 g/mol. The van der Waals surface area contributed by atoms with E-state index in [1.54, 1.807) is 18.5 Å². The zero-order chi connectivity index (χ0) is 9.90. The van der Waals surface area contributed by atoms with E-state index in [2.05, 4.69) is 10.3 Å². The molecule has 0 aromatic heterocycles. The Balaban J connectivity index is 2.49. The molecule has 1 heterocycles. The first-order chi connectivity index (χ1) is 5.99. The number of carbonyl (C=O) groups is 1. The fourth-order valence-electron chi connectivity index (χ4n) is 0.855. The van der Waals surface area contributed by atoms with Gasteiger partial charge in [0.25, 0.3) is 0 Å². The highest BCUT2D eigenvalue weighted by Gasteiger charge is 2.23. The number of hydrogen-bond donors (Lipinski definition) is 1. The minimum Gasteiger partial charge on any atom is -0.457 e. The molecule has 0 spiro atoms. The summed E-state index contributed by atoms with van der Waals surface area (Å²) in [7, 11) is 0. The molecule has 0 bridgehead atoms. The summed E-state index contributed by atoms with van der Waals surface area (Å²) in [5.41, 5.74) is -0.463. The SMILES string of the molecule is CC(C)(C)OC(=O)C1N=CC=CN1. The predicted molar refractivity (Wildman–Crippen MR) is 50.4 cm³/mol. The Labute approximate surface area is 77.7 Å². The number of nitrogens with one attached hydrogen (secondary N) is 1. The lowest BCUT2D eigenvalue weighted by atomic mass is 10.2. The van der Waals surface area contributed by atoms with E-state index in [9.17, 15) is 4.79 Å². The van der Waals surface area contributed by atoms with Gasteiger partial charge in [-0.15, -0.1) is 0 Å². The molecule has 1 aliphatic rings. The van der Waals surface area contributed by atoms with Gasteiger partial charge in [-0.25, -0.2) is 4.79 Å². The molecule has 72 valence electrons. The summed E-state index contributed by atoms with van der Waals surface area (Å²) in [4.78, 5) is 15.3. The van der Waals surface area contributed by atoms with Crippen molar-refractivity contribution in [1.29, 1.82) is 0 Å². The van der Waals surface area contributed by atoms with Gasteiger partial charge < -0.3 is 10.1 Å². The van der Waals surface area contributed by atoms with Crippen LogP contribution in [0.3, 0.4) is 0 Å². The Kier molecular flexibility index (Phi) is 2.70. The maximum Gasteiger partial charge on any atom is 0.352 e. The number of esters is 1. The molecule has 0 fully saturated rings. The first kappa shape index (κ1) is 9.77. The van der Waals surface area contributed by atoms with Crippen molar-refractivity contribution in [2.24, 2.45) is 4.99 Å². The van der Waals surface area contributed by atoms with Crippen molar-refractivity contribution in [3.05, 3.63) is 12.3 Å². The topological polar surface area (TPSA) is 50.7 Å². The van der Waals surface area contributed by atoms with Crippen LogP contribution in [0.15, 0.2) is 17.3 Å². The molecule has 1 N–H and O–H groups in total. The molecule has 0 amide bonds. The van der Waals surface area contributed by atoms with Crippen LogP contribution < -0.4 is 5.32 Å². The third-order valence-electron chi connectivity index (χ3n) is 1.30. The molecule has 0 saturated heterocycles. The number of ether oxygens (including phenoxy) is 1. The highest BCUT2D eigenvalue weighted by atomic mass is 16.6. The third kappa shape index (κ3) is 3.27. The number of carbonyl (C=O) groups excluding carboxylic acids is 1. The van der Waals surface area contributed by atoms with Crippen molar-refractivity contribution < 1.29 is 9.53 Å². The smallest absolute Gasteiger partial charge is 0.352 e. The quantitative estimate of drug-likeness (QED) is 0.611. The lowest BCUT2D eigenvalue weighted by molar-refractivity contribution is -0.156. The van der Waals surface area contributed by atoms with Crippen molar-refractivity contribution in [3.8, 4) is 0 Å². The Bertz CT molecular complexity index is 251. The molecule has 0 aliphatic carbocycles. The maximum absolute atomic E-state index is 11.4. The van der Waals surface area contributed by atoms with Crippen LogP contribution in [0.25, 0.3) is 0 Å². The number of rotatable bonds is 1. The Hall–Kier alpha value is -1.32. The summed E-state index contributed by atoms with van der Waals surface area (Å²) in [6, 6.07) is 0. The van der Waals surface area contributed by atoms with E-state index in [1.807, 2.05) is 20.8 Å². The van der Waals surface area contributed by atoms with Gasteiger partial charge in [0.1, 0.15) is 5.60 Å². The second-order valence-electron chi connectivity index (χ2n) is 3.76. The first-order valence-corrected chi connectivity index (χ1v) is 4.16. The van der Waals surface area contributed by atoms with Crippen molar-refractivity contribution in [2.45, 2.75) is 32.5 Å². The van der Waals surface area contributed by atoms with Crippen LogP contribution >= 0.6 is 0 Å². The van der Waals surface area contributed by atoms with Gasteiger partial charge in [-0.1, -0.05) is 0 Å². The second kappa shape index (κ2) is 3.60. The summed E-state index contributed by atoms with van der Waals surface area (Å²) in [5, 5.41) is 2.79. The summed E-state index contributed by atoms with van der Waals surface area (Å²) < 4.78 is 5.13. The van der Waals surface area contributed by atoms with Gasteiger partial charge in [-0.2, -0.15) is 0 Å². The van der Waals surface area contributed by atoms with Gasteiger partial charge in [-0.05, 0) is 26.8 Å². The van der Waals surface area contributed by atoms with E-state index in [0.29, 0.717) is 0 Å². The summed E-state index contributed by atoms with van der Waals surface area (Å²) in [6.45, 7) is 5.48. The third-order valence-corrected chi connectivity index (χ3v) is 1.30. The largest absolute Gasteiger partial charge is 0.457 e. The monoisotopic (exact) mass is 182 g/mol. The van der Waals surface area contributed by atoms with Crippen molar-refractivity contribution in [2.75, 3.05) is 0 Å². The van der Waals surface area contributed by atoms with E-state index in [0.717, 1.165) is 0 Å². The van der Waals surface area contributed by atoms with Crippen LogP contribution in [-0.2, 0) is 9.53 Å². The van der Waals surface area contributed by atoms with E-state index in [-0.39, 0.29) is 5.97 Å². The van der Waals surface area contributed by atoms with Gasteiger partial charge in [0.05, 0.1) is 0 Å². The first-order valence-electron chi connectivity index (χ1n) is 4.16. The van der Waals surface area contributed by atoms with Crippen LogP contribution in [0.4, 0.5) is 0 Å². The van der Waals surface area contributed by atoms with Crippen LogP contribution in [0, 0.1) is 0 Å². The molecule has 0 aromatic carbocycles. The average Bonchev–Trinajstić information content (AvgIpc) is 2.03. The Morgan fingerprint density at radius 3 is 2.69 bits per heavy atom. The molecule has 4 heteroatoms. The fourth-order valence-corrected chi connectivity index (χ4v) is 0.855. The number of nitrogens with zero attached hydrogens (tertiary/aromatic N) is 1. The van der Waals surface area contributed by atoms with Gasteiger partial charge in [-0.3, -0.25) is 4.99 Å². The molecule has 1 unspecified atom stereocenters. The highest BCUT2D eigenvalue weighted by Crippen LogP contribution is 2.09. The number of allylic oxidation sites excluding steroid dienone is 1. The summed E-state index contributed by atoms with van der Waals surface area (Å²) >= 11 is 0. The molecule has 1 atom stereocenters. The van der Waals surface area contributed by atoms with Gasteiger partial charge in [0.15, 0.2) is 0 Å². The minimum absolute atomic E-state index is 0.354. The van der Waals surface area contributed by atoms with E-state index < -0.39 is 11.8 Å². The molecule has 4 nitrogen and oxygen atoms in total. The van der Waals surface area contributed by atoms with Crippen LogP contribution in [0.1, 0.15) is 20.8 Å². The van der Waals surface area contributed by atoms with E-state index in [4.69, 9.17) is 4.74 Å². The molecule has 0 saturated carbocycles. The second-order valence-corrected chi connectivity index (χ2v) is 3.76. The molecular formula is C9H14N2O2. The van der Waals surface area contributed by atoms with Crippen molar-refractivity contribution >= 4 is 12.2 Å². The minimum atomic E-state index is -0.593. The van der Waals surface area contributed by atoms with Crippen molar-refractivity contribution in [1.82, 2.24) is 5.32 Å². The Morgan fingerprint density at radius 1 is 1.54 bits per heavy atom. The van der Waals surface area contributed by atoms with Gasteiger partial charge in [0.2, 0.25) is 6.17 Å². The highest BCUT2D eigenvalue weighted by molar-refractivity contribution is 5.81. The summed E-state index contributed by atoms with van der Waals surface area (Å²) in [5.74, 6) is -0.354. The van der Waals surface area contributed by atoms with Crippen LogP contribution in [0.5, 0.6) is 0 Å². The van der Waals surface area contributed by atoms with Gasteiger partial charge in [0, 0.05) is 12.4 Å². The van der Waals surface area contributed by atoms with E-state index in [1.165, 1.54) is 0 Å². The zero-order valence-electron chi connectivity index (χ0n) is 8.07. The lowest BCUT2D eigenvalue weighted by Gasteiger charge is -2.22. The van der Waals surface area contributed by atoms with E-state index >= 15 is 0 Å². The lowest BCUT2D eigenvalue weighted by Crippen LogP contribution is -2.38. The number of hydrogen-bond acceptors (Lipinski definition) is 4. The Morgan fingerprint density at radius 2 is 2.23 bits per heavy atom. The zero-order valence-corrected chi connectivity index (χ0v) is 8.07. The normalized spacial score (nSPS) is 21.0.